The maximum absolute atomic E-state index is 5.88. The van der Waals surface area contributed by atoms with E-state index in [1.165, 1.54) is 11.1 Å². The summed E-state index contributed by atoms with van der Waals surface area (Å²) >= 11 is 0. The minimum atomic E-state index is 0.406. The topological polar surface area (TPSA) is 54.7 Å². The van der Waals surface area contributed by atoms with Crippen molar-refractivity contribution in [1.82, 2.24) is 10.2 Å². The highest BCUT2D eigenvalue weighted by Crippen LogP contribution is 2.38. The molecule has 3 rings (SSSR count). The average molecular weight is 199 g/mol. The molecule has 1 aromatic heterocycles. The lowest BCUT2D eigenvalue weighted by Crippen LogP contribution is -2.00. The van der Waals surface area contributed by atoms with Crippen LogP contribution in [0.15, 0.2) is 30.5 Å². The third kappa shape index (κ3) is 1.23. The Hall–Kier alpha value is -1.77. The van der Waals surface area contributed by atoms with Gasteiger partial charge in [0.2, 0.25) is 0 Å². The number of aromatic nitrogens is 2. The number of nitrogen functional groups attached to an aromatic ring is 1. The zero-order valence-electron chi connectivity index (χ0n) is 8.40. The van der Waals surface area contributed by atoms with Crippen molar-refractivity contribution in [3.05, 3.63) is 47.3 Å². The van der Waals surface area contributed by atoms with E-state index in [0.29, 0.717) is 5.92 Å². The second-order valence-electron chi connectivity index (χ2n) is 4.03. The number of nitrogens with one attached hydrogen (secondary N) is 1. The Kier molecular flexibility index (Phi) is 1.78. The Balaban J connectivity index is 2.08. The van der Waals surface area contributed by atoms with Gasteiger partial charge in [0.15, 0.2) is 0 Å². The van der Waals surface area contributed by atoms with Crippen molar-refractivity contribution in [2.75, 3.05) is 5.73 Å². The molecule has 1 heterocycles. The Labute approximate surface area is 88.3 Å². The largest absolute Gasteiger partial charge is 0.396 e. The van der Waals surface area contributed by atoms with Gasteiger partial charge in [0.05, 0.1) is 17.6 Å². The number of H-pyrrole nitrogens is 1. The highest BCUT2D eigenvalue weighted by molar-refractivity contribution is 5.49. The predicted molar refractivity (Wildman–Crippen MR) is 59.6 cm³/mol. The number of aromatic amines is 1. The van der Waals surface area contributed by atoms with Gasteiger partial charge in [-0.2, -0.15) is 5.10 Å². The fourth-order valence-electron chi connectivity index (χ4n) is 2.44. The summed E-state index contributed by atoms with van der Waals surface area (Å²) in [7, 11) is 0. The molecule has 3 heteroatoms. The molecule has 3 N–H and O–H groups in total. The highest BCUT2D eigenvalue weighted by Gasteiger charge is 2.25. The van der Waals surface area contributed by atoms with Crippen LogP contribution < -0.4 is 5.73 Å². The normalized spacial score (nSPS) is 19.1. The SMILES string of the molecule is Nc1cn[nH]c1C1CCc2ccccc21. The first-order chi connectivity index (χ1) is 7.36. The Morgan fingerprint density at radius 2 is 2.20 bits per heavy atom. The maximum Gasteiger partial charge on any atom is 0.0736 e. The van der Waals surface area contributed by atoms with Crippen LogP contribution in [0.4, 0.5) is 5.69 Å². The van der Waals surface area contributed by atoms with E-state index in [2.05, 4.69) is 34.5 Å². The molecule has 0 radical (unpaired) electrons. The quantitative estimate of drug-likeness (QED) is 0.738. The van der Waals surface area contributed by atoms with E-state index in [-0.39, 0.29) is 0 Å². The standard InChI is InChI=1S/C12H13N3/c13-11-7-14-15-12(11)10-6-5-8-3-1-2-4-9(8)10/h1-4,7,10H,5-6,13H2,(H,14,15). The molecular formula is C12H13N3. The molecule has 0 aliphatic heterocycles. The molecule has 0 fully saturated rings. The summed E-state index contributed by atoms with van der Waals surface area (Å²) in [5, 5.41) is 7.00. The molecule has 0 saturated carbocycles. The van der Waals surface area contributed by atoms with Gasteiger partial charge < -0.3 is 5.73 Å². The molecule has 3 nitrogen and oxygen atoms in total. The van der Waals surface area contributed by atoms with E-state index in [4.69, 9.17) is 5.73 Å². The van der Waals surface area contributed by atoms with Gasteiger partial charge in [-0.1, -0.05) is 24.3 Å². The molecule has 1 aromatic carbocycles. The number of hydrogen-bond acceptors (Lipinski definition) is 2. The van der Waals surface area contributed by atoms with Crippen LogP contribution in [0.5, 0.6) is 0 Å². The lowest BCUT2D eigenvalue weighted by Gasteiger charge is -2.09. The van der Waals surface area contributed by atoms with Crippen LogP contribution >= 0.6 is 0 Å². The van der Waals surface area contributed by atoms with E-state index in [0.717, 1.165) is 24.2 Å². The summed E-state index contributed by atoms with van der Waals surface area (Å²) in [6.45, 7) is 0. The third-order valence-electron chi connectivity index (χ3n) is 3.18. The summed E-state index contributed by atoms with van der Waals surface area (Å²) in [5.74, 6) is 0.406. The maximum atomic E-state index is 5.88. The second-order valence-corrected chi connectivity index (χ2v) is 4.03. The summed E-state index contributed by atoms with van der Waals surface area (Å²) in [6.07, 6.45) is 3.96. The van der Waals surface area contributed by atoms with Gasteiger partial charge in [-0.25, -0.2) is 0 Å². The fraction of sp³-hybridized carbons (Fsp3) is 0.250. The molecule has 1 atom stereocenters. The average Bonchev–Trinajstić information content (AvgIpc) is 2.83. The summed E-state index contributed by atoms with van der Waals surface area (Å²) in [5.41, 5.74) is 10.6. The molecule has 15 heavy (non-hydrogen) atoms. The zero-order valence-corrected chi connectivity index (χ0v) is 8.40. The summed E-state index contributed by atoms with van der Waals surface area (Å²) in [4.78, 5) is 0. The number of rotatable bonds is 1. The van der Waals surface area contributed by atoms with Gasteiger partial charge in [0.25, 0.3) is 0 Å². The fourth-order valence-corrected chi connectivity index (χ4v) is 2.44. The molecule has 0 amide bonds. The first kappa shape index (κ1) is 8.53. The predicted octanol–water partition coefficient (Wildman–Crippen LogP) is 2.07. The highest BCUT2D eigenvalue weighted by atomic mass is 15.1. The Morgan fingerprint density at radius 3 is 3.00 bits per heavy atom. The van der Waals surface area contributed by atoms with Crippen molar-refractivity contribution < 1.29 is 0 Å². The molecule has 1 aliphatic rings. The van der Waals surface area contributed by atoms with Crippen LogP contribution in [0.25, 0.3) is 0 Å². The minimum Gasteiger partial charge on any atom is -0.396 e. The van der Waals surface area contributed by atoms with Crippen LogP contribution in [-0.2, 0) is 6.42 Å². The van der Waals surface area contributed by atoms with Crippen LogP contribution in [0.3, 0.4) is 0 Å². The molecule has 0 saturated heterocycles. The van der Waals surface area contributed by atoms with Crippen LogP contribution in [0, 0.1) is 0 Å². The first-order valence-electron chi connectivity index (χ1n) is 5.23. The molecule has 2 aromatic rings. The molecule has 1 unspecified atom stereocenters. The lowest BCUT2D eigenvalue weighted by molar-refractivity contribution is 0.757. The monoisotopic (exact) mass is 199 g/mol. The van der Waals surface area contributed by atoms with Gasteiger partial charge in [-0.15, -0.1) is 0 Å². The number of anilines is 1. The van der Waals surface area contributed by atoms with Gasteiger partial charge >= 0.3 is 0 Å². The number of nitrogens with two attached hydrogens (primary N) is 1. The Bertz CT molecular complexity index is 487. The van der Waals surface area contributed by atoms with Gasteiger partial charge in [0, 0.05) is 5.92 Å². The first-order valence-corrected chi connectivity index (χ1v) is 5.23. The van der Waals surface area contributed by atoms with E-state index in [9.17, 15) is 0 Å². The van der Waals surface area contributed by atoms with E-state index < -0.39 is 0 Å². The third-order valence-corrected chi connectivity index (χ3v) is 3.18. The molecular weight excluding hydrogens is 186 g/mol. The van der Waals surface area contributed by atoms with Gasteiger partial charge in [0.1, 0.15) is 0 Å². The second kappa shape index (κ2) is 3.12. The minimum absolute atomic E-state index is 0.406. The van der Waals surface area contributed by atoms with Crippen molar-refractivity contribution in [3.63, 3.8) is 0 Å². The van der Waals surface area contributed by atoms with Gasteiger partial charge in [-0.05, 0) is 24.0 Å². The van der Waals surface area contributed by atoms with Gasteiger partial charge in [-0.3, -0.25) is 5.10 Å². The van der Waals surface area contributed by atoms with E-state index in [1.807, 2.05) is 0 Å². The lowest BCUT2D eigenvalue weighted by atomic mass is 9.97. The van der Waals surface area contributed by atoms with Crippen molar-refractivity contribution in [3.8, 4) is 0 Å². The van der Waals surface area contributed by atoms with E-state index in [1.54, 1.807) is 6.20 Å². The smallest absolute Gasteiger partial charge is 0.0736 e. The molecule has 0 bridgehead atoms. The van der Waals surface area contributed by atoms with Crippen LogP contribution in [-0.4, -0.2) is 10.2 Å². The van der Waals surface area contributed by atoms with Crippen molar-refractivity contribution in [1.29, 1.82) is 0 Å². The number of hydrogen-bond donors (Lipinski definition) is 2. The zero-order chi connectivity index (χ0) is 10.3. The summed E-state index contributed by atoms with van der Waals surface area (Å²) < 4.78 is 0. The number of benzene rings is 1. The van der Waals surface area contributed by atoms with Crippen molar-refractivity contribution >= 4 is 5.69 Å². The Morgan fingerprint density at radius 1 is 1.33 bits per heavy atom. The van der Waals surface area contributed by atoms with Crippen molar-refractivity contribution in [2.45, 2.75) is 18.8 Å². The van der Waals surface area contributed by atoms with Crippen LogP contribution in [0.2, 0.25) is 0 Å². The molecule has 0 spiro atoms. The van der Waals surface area contributed by atoms with E-state index >= 15 is 0 Å². The van der Waals surface area contributed by atoms with Crippen molar-refractivity contribution in [2.24, 2.45) is 0 Å². The number of aryl methyl sites for hydroxylation is 1. The van der Waals surface area contributed by atoms with Crippen LogP contribution in [0.1, 0.15) is 29.2 Å². The molecule has 1 aliphatic carbocycles. The number of fused-ring (bicyclic) bond motifs is 1. The number of nitrogens with zero attached hydrogens (tertiary/aromatic N) is 1. The summed E-state index contributed by atoms with van der Waals surface area (Å²) in [6, 6.07) is 8.57. The molecule has 76 valence electrons.